The Labute approximate surface area is 172 Å². The van der Waals surface area contributed by atoms with Gasteiger partial charge in [0.2, 0.25) is 0 Å². The second-order valence-corrected chi connectivity index (χ2v) is 6.89. The van der Waals surface area contributed by atoms with Crippen LogP contribution in [0.1, 0.15) is 10.5 Å². The summed E-state index contributed by atoms with van der Waals surface area (Å²) in [5, 5.41) is 7.78. The summed E-state index contributed by atoms with van der Waals surface area (Å²) >= 11 is 3.46. The van der Waals surface area contributed by atoms with Crippen LogP contribution in [0.15, 0.2) is 65.4 Å². The number of benzene rings is 2. The number of amides is 1. The Morgan fingerprint density at radius 1 is 1.17 bits per heavy atom. The maximum Gasteiger partial charge on any atom is 0.276 e. The summed E-state index contributed by atoms with van der Waals surface area (Å²) in [4.78, 5) is 16.9. The highest BCUT2D eigenvalue weighted by atomic mass is 79.9. The van der Waals surface area contributed by atoms with Gasteiger partial charge < -0.3 is 10.1 Å². The van der Waals surface area contributed by atoms with E-state index in [1.54, 1.807) is 12.3 Å². The number of pyridine rings is 1. The zero-order chi connectivity index (χ0) is 20.4. The Kier molecular flexibility index (Phi) is 5.22. The number of nitrogens with zero attached hydrogens (tertiary/aromatic N) is 3. The van der Waals surface area contributed by atoms with E-state index in [-0.39, 0.29) is 18.2 Å². The van der Waals surface area contributed by atoms with E-state index in [0.29, 0.717) is 11.2 Å². The van der Waals surface area contributed by atoms with Crippen molar-refractivity contribution < 1.29 is 18.3 Å². The number of ether oxygens (including phenoxy) is 1. The number of carbonyl (C=O) groups excluding carboxylic acids is 1. The predicted molar refractivity (Wildman–Crippen MR) is 107 cm³/mol. The van der Waals surface area contributed by atoms with Gasteiger partial charge in [-0.05, 0) is 36.4 Å². The molecular weight excluding hydrogens is 446 g/mol. The Morgan fingerprint density at radius 3 is 2.86 bits per heavy atom. The number of carbonyl (C=O) groups is 1. The normalized spacial score (nSPS) is 10.9. The first kappa shape index (κ1) is 19.0. The van der Waals surface area contributed by atoms with Crippen LogP contribution in [-0.4, -0.2) is 20.7 Å². The van der Waals surface area contributed by atoms with Gasteiger partial charge in [0, 0.05) is 28.3 Å². The number of rotatable bonds is 5. The number of nitrogens with one attached hydrogen (secondary N) is 1. The highest BCUT2D eigenvalue weighted by molar-refractivity contribution is 9.10. The average Bonchev–Trinajstić information content (AvgIpc) is 3.19. The molecule has 0 aliphatic carbocycles. The lowest BCUT2D eigenvalue weighted by Gasteiger charge is -2.08. The third-order valence-corrected chi connectivity index (χ3v) is 4.78. The van der Waals surface area contributed by atoms with E-state index in [4.69, 9.17) is 4.74 Å². The van der Waals surface area contributed by atoms with Crippen LogP contribution in [-0.2, 0) is 6.73 Å². The van der Waals surface area contributed by atoms with E-state index in [1.165, 1.54) is 23.0 Å². The van der Waals surface area contributed by atoms with E-state index >= 15 is 0 Å². The zero-order valence-corrected chi connectivity index (χ0v) is 16.4. The molecule has 6 nitrogen and oxygen atoms in total. The Morgan fingerprint density at radius 2 is 2.03 bits per heavy atom. The topological polar surface area (TPSA) is 69.0 Å². The van der Waals surface area contributed by atoms with Crippen LogP contribution >= 0.6 is 15.9 Å². The molecule has 0 fully saturated rings. The largest absolute Gasteiger partial charge is 0.468 e. The molecule has 0 unspecified atom stereocenters. The molecule has 0 atom stereocenters. The highest BCUT2D eigenvalue weighted by Gasteiger charge is 2.13. The molecule has 0 spiro atoms. The van der Waals surface area contributed by atoms with Gasteiger partial charge in [-0.25, -0.2) is 13.5 Å². The van der Waals surface area contributed by atoms with Crippen LogP contribution < -0.4 is 10.1 Å². The summed E-state index contributed by atoms with van der Waals surface area (Å²) in [6.45, 7) is -0.140. The van der Waals surface area contributed by atoms with E-state index in [0.717, 1.165) is 22.0 Å². The number of hydrogen-bond acceptors (Lipinski definition) is 4. The zero-order valence-electron chi connectivity index (χ0n) is 14.8. The van der Waals surface area contributed by atoms with Crippen LogP contribution in [0.25, 0.3) is 10.9 Å². The molecule has 0 aliphatic rings. The molecule has 1 N–H and O–H groups in total. The lowest BCUT2D eigenvalue weighted by molar-refractivity contribution is 0.102. The van der Waals surface area contributed by atoms with E-state index in [2.05, 4.69) is 31.3 Å². The van der Waals surface area contributed by atoms with Gasteiger partial charge in [0.05, 0.1) is 11.2 Å². The number of anilines is 1. The fourth-order valence-corrected chi connectivity index (χ4v) is 3.16. The highest BCUT2D eigenvalue weighted by Crippen LogP contribution is 2.28. The molecule has 1 amide bonds. The molecule has 0 aliphatic heterocycles. The van der Waals surface area contributed by atoms with Crippen molar-refractivity contribution >= 4 is 38.4 Å². The predicted octanol–water partition coefficient (Wildman–Crippen LogP) is 4.76. The Bertz CT molecular complexity index is 1210. The van der Waals surface area contributed by atoms with Gasteiger partial charge in [0.1, 0.15) is 5.82 Å². The second-order valence-electron chi connectivity index (χ2n) is 6.04. The van der Waals surface area contributed by atoms with Crippen molar-refractivity contribution in [3.05, 3.63) is 82.7 Å². The van der Waals surface area contributed by atoms with Crippen LogP contribution in [0.4, 0.5) is 14.5 Å². The van der Waals surface area contributed by atoms with Crippen molar-refractivity contribution in [3.8, 4) is 5.75 Å². The quantitative estimate of drug-likeness (QED) is 0.468. The van der Waals surface area contributed by atoms with Crippen molar-refractivity contribution in [1.29, 1.82) is 0 Å². The molecule has 2 heterocycles. The van der Waals surface area contributed by atoms with E-state index in [1.807, 2.05) is 18.2 Å². The number of fused-ring (bicyclic) bond motifs is 1. The first-order valence-corrected chi connectivity index (χ1v) is 9.26. The van der Waals surface area contributed by atoms with Gasteiger partial charge in [0.15, 0.2) is 24.0 Å². The molecular formula is C20H13BrF2N4O2. The molecule has 146 valence electrons. The van der Waals surface area contributed by atoms with Crippen molar-refractivity contribution in [2.45, 2.75) is 6.73 Å². The standard InChI is InChI=1S/C20H13BrF2N4O2/c21-14-4-5-16(19-13(14)2-1-8-24-19)25-20(28)17-7-9-27(26-17)11-29-18-6-3-12(22)10-15(18)23/h1-10H,11H2,(H,25,28). The van der Waals surface area contributed by atoms with Gasteiger partial charge in [-0.15, -0.1) is 0 Å². The molecule has 0 bridgehead atoms. The smallest absolute Gasteiger partial charge is 0.276 e. The monoisotopic (exact) mass is 458 g/mol. The molecule has 0 radical (unpaired) electrons. The van der Waals surface area contributed by atoms with Crippen LogP contribution in [0, 0.1) is 11.6 Å². The number of aromatic nitrogens is 3. The summed E-state index contributed by atoms with van der Waals surface area (Å²) in [5.41, 5.74) is 1.35. The molecule has 2 aromatic carbocycles. The molecule has 4 rings (SSSR count). The summed E-state index contributed by atoms with van der Waals surface area (Å²) < 4.78 is 34.0. The minimum atomic E-state index is -0.815. The van der Waals surface area contributed by atoms with Gasteiger partial charge >= 0.3 is 0 Å². The van der Waals surface area contributed by atoms with Gasteiger partial charge in [-0.2, -0.15) is 5.10 Å². The molecule has 2 aromatic heterocycles. The maximum absolute atomic E-state index is 13.6. The minimum absolute atomic E-state index is 0.111. The Hall–Kier alpha value is -3.33. The van der Waals surface area contributed by atoms with Crippen molar-refractivity contribution in [2.75, 3.05) is 5.32 Å². The van der Waals surface area contributed by atoms with Crippen molar-refractivity contribution in [1.82, 2.24) is 14.8 Å². The van der Waals surface area contributed by atoms with Gasteiger partial charge in [0.25, 0.3) is 5.91 Å². The molecule has 4 aromatic rings. The summed E-state index contributed by atoms with van der Waals surface area (Å²) in [6.07, 6.45) is 3.17. The third kappa shape index (κ3) is 4.09. The molecule has 0 saturated heterocycles. The van der Waals surface area contributed by atoms with E-state index < -0.39 is 17.5 Å². The molecule has 29 heavy (non-hydrogen) atoms. The van der Waals surface area contributed by atoms with Crippen LogP contribution in [0.2, 0.25) is 0 Å². The lowest BCUT2D eigenvalue weighted by atomic mass is 10.2. The first-order chi connectivity index (χ1) is 14.0. The number of hydrogen-bond donors (Lipinski definition) is 1. The lowest BCUT2D eigenvalue weighted by Crippen LogP contribution is -2.14. The fraction of sp³-hybridized carbons (Fsp3) is 0.0500. The molecule has 0 saturated carbocycles. The van der Waals surface area contributed by atoms with E-state index in [9.17, 15) is 13.6 Å². The average molecular weight is 459 g/mol. The first-order valence-electron chi connectivity index (χ1n) is 8.47. The SMILES string of the molecule is O=C(Nc1ccc(Br)c2cccnc12)c1ccn(COc2ccc(F)cc2F)n1. The van der Waals surface area contributed by atoms with Crippen LogP contribution in [0.3, 0.4) is 0 Å². The summed E-state index contributed by atoms with van der Waals surface area (Å²) in [7, 11) is 0. The van der Waals surface area contributed by atoms with Crippen LogP contribution in [0.5, 0.6) is 5.75 Å². The Balaban J connectivity index is 1.47. The van der Waals surface area contributed by atoms with Gasteiger partial charge in [-0.1, -0.05) is 22.0 Å². The van der Waals surface area contributed by atoms with Gasteiger partial charge in [-0.3, -0.25) is 9.78 Å². The fourth-order valence-electron chi connectivity index (χ4n) is 2.71. The van der Waals surface area contributed by atoms with Crippen molar-refractivity contribution in [3.63, 3.8) is 0 Å². The minimum Gasteiger partial charge on any atom is -0.468 e. The third-order valence-electron chi connectivity index (χ3n) is 4.08. The van der Waals surface area contributed by atoms with Crippen molar-refractivity contribution in [2.24, 2.45) is 0 Å². The number of halogens is 3. The summed E-state index contributed by atoms with van der Waals surface area (Å²) in [5.74, 6) is -2.04. The summed E-state index contributed by atoms with van der Waals surface area (Å²) in [6, 6.07) is 11.8. The maximum atomic E-state index is 13.6. The molecule has 9 heteroatoms. The second kappa shape index (κ2) is 7.96.